The lowest BCUT2D eigenvalue weighted by Crippen LogP contribution is -2.27. The van der Waals surface area contributed by atoms with Gasteiger partial charge in [-0.05, 0) is 12.6 Å². The Morgan fingerprint density at radius 2 is 2.31 bits per heavy atom. The first-order chi connectivity index (χ1) is 6.29. The molecule has 2 rings (SSSR count). The number of rotatable bonds is 1. The molecule has 1 aromatic rings. The zero-order valence-corrected chi connectivity index (χ0v) is 8.08. The summed E-state index contributed by atoms with van der Waals surface area (Å²) in [5.74, 6) is 0.725. The van der Waals surface area contributed by atoms with E-state index in [0.29, 0.717) is 0 Å². The van der Waals surface area contributed by atoms with Gasteiger partial charge in [0.05, 0.1) is 12.8 Å². The van der Waals surface area contributed by atoms with Crippen LogP contribution in [-0.4, -0.2) is 30.6 Å². The maximum Gasteiger partial charge on any atom is 0.213 e. The molecule has 0 bridgehead atoms. The molecule has 13 heavy (non-hydrogen) atoms. The molecular formula is C10H14N2O. The molecule has 0 saturated carbocycles. The molecule has 0 saturated heterocycles. The Balaban J connectivity index is 2.31. The second-order valence-electron chi connectivity index (χ2n) is 3.45. The zero-order chi connectivity index (χ0) is 9.26. The number of pyridine rings is 1. The van der Waals surface area contributed by atoms with E-state index in [9.17, 15) is 0 Å². The maximum absolute atomic E-state index is 5.08. The van der Waals surface area contributed by atoms with Crippen molar-refractivity contribution in [3.8, 4) is 5.88 Å². The van der Waals surface area contributed by atoms with E-state index in [0.717, 1.165) is 25.4 Å². The number of nitrogens with zero attached hydrogens (tertiary/aromatic N) is 2. The maximum atomic E-state index is 5.08. The SMILES string of the molecule is COc1ccc2c(n1)CCN(C)C2. The lowest BCUT2D eigenvalue weighted by Gasteiger charge is -2.24. The average Bonchev–Trinajstić information content (AvgIpc) is 2.17. The summed E-state index contributed by atoms with van der Waals surface area (Å²) < 4.78 is 5.08. The molecule has 0 radical (unpaired) electrons. The Morgan fingerprint density at radius 3 is 3.08 bits per heavy atom. The third-order valence-corrected chi connectivity index (χ3v) is 2.42. The molecule has 0 aliphatic carbocycles. The summed E-state index contributed by atoms with van der Waals surface area (Å²) in [6.07, 6.45) is 1.03. The number of hydrogen-bond acceptors (Lipinski definition) is 3. The summed E-state index contributed by atoms with van der Waals surface area (Å²) in [5, 5.41) is 0. The summed E-state index contributed by atoms with van der Waals surface area (Å²) in [4.78, 5) is 6.72. The predicted molar refractivity (Wildman–Crippen MR) is 50.8 cm³/mol. The van der Waals surface area contributed by atoms with Gasteiger partial charge in [-0.2, -0.15) is 0 Å². The molecule has 0 atom stereocenters. The largest absolute Gasteiger partial charge is 0.481 e. The molecule has 0 spiro atoms. The lowest BCUT2D eigenvalue weighted by molar-refractivity contribution is 0.307. The van der Waals surface area contributed by atoms with E-state index in [1.807, 2.05) is 6.07 Å². The van der Waals surface area contributed by atoms with E-state index in [2.05, 4.69) is 23.0 Å². The second-order valence-corrected chi connectivity index (χ2v) is 3.45. The number of fused-ring (bicyclic) bond motifs is 1. The van der Waals surface area contributed by atoms with Crippen molar-refractivity contribution in [2.75, 3.05) is 20.7 Å². The smallest absolute Gasteiger partial charge is 0.213 e. The molecule has 3 nitrogen and oxygen atoms in total. The number of ether oxygens (including phenoxy) is 1. The lowest BCUT2D eigenvalue weighted by atomic mass is 10.1. The van der Waals surface area contributed by atoms with Crippen molar-refractivity contribution in [2.45, 2.75) is 13.0 Å². The normalized spacial score (nSPS) is 16.8. The second kappa shape index (κ2) is 3.34. The quantitative estimate of drug-likeness (QED) is 0.643. The molecule has 0 fully saturated rings. The fourth-order valence-electron chi connectivity index (χ4n) is 1.65. The van der Waals surface area contributed by atoms with E-state index in [4.69, 9.17) is 4.74 Å². The third kappa shape index (κ3) is 1.65. The highest BCUT2D eigenvalue weighted by atomic mass is 16.5. The average molecular weight is 178 g/mol. The van der Waals surface area contributed by atoms with Crippen LogP contribution in [0.15, 0.2) is 12.1 Å². The number of aromatic nitrogens is 1. The Labute approximate surface area is 78.3 Å². The molecule has 3 heteroatoms. The van der Waals surface area contributed by atoms with Gasteiger partial charge in [0.15, 0.2) is 0 Å². The van der Waals surface area contributed by atoms with Crippen molar-refractivity contribution in [1.29, 1.82) is 0 Å². The van der Waals surface area contributed by atoms with Gasteiger partial charge in [-0.3, -0.25) is 0 Å². The molecule has 1 aliphatic heterocycles. The molecule has 0 N–H and O–H groups in total. The van der Waals surface area contributed by atoms with Crippen LogP contribution in [0.1, 0.15) is 11.3 Å². The van der Waals surface area contributed by atoms with Crippen molar-refractivity contribution in [2.24, 2.45) is 0 Å². The number of likely N-dealkylation sites (N-methyl/N-ethyl adjacent to an activating group) is 1. The minimum absolute atomic E-state index is 0.725. The Bertz CT molecular complexity index is 312. The highest BCUT2D eigenvalue weighted by Gasteiger charge is 2.14. The summed E-state index contributed by atoms with van der Waals surface area (Å²) in [6, 6.07) is 4.04. The van der Waals surface area contributed by atoms with E-state index >= 15 is 0 Å². The van der Waals surface area contributed by atoms with Crippen LogP contribution < -0.4 is 4.74 Å². The molecule has 0 unspecified atom stereocenters. The molecule has 1 aromatic heterocycles. The fourth-order valence-corrected chi connectivity index (χ4v) is 1.65. The summed E-state index contributed by atoms with van der Waals surface area (Å²) in [5.41, 5.74) is 2.52. The van der Waals surface area contributed by atoms with Crippen LogP contribution in [0.5, 0.6) is 5.88 Å². The van der Waals surface area contributed by atoms with Crippen LogP contribution in [0.25, 0.3) is 0 Å². The number of hydrogen-bond donors (Lipinski definition) is 0. The van der Waals surface area contributed by atoms with Crippen LogP contribution in [0.2, 0.25) is 0 Å². The van der Waals surface area contributed by atoms with Crippen molar-refractivity contribution in [3.05, 3.63) is 23.4 Å². The molecule has 0 amide bonds. The van der Waals surface area contributed by atoms with Crippen LogP contribution >= 0.6 is 0 Å². The van der Waals surface area contributed by atoms with Gasteiger partial charge in [-0.25, -0.2) is 4.98 Å². The van der Waals surface area contributed by atoms with Gasteiger partial charge in [0, 0.05) is 25.6 Å². The van der Waals surface area contributed by atoms with Crippen molar-refractivity contribution in [3.63, 3.8) is 0 Å². The van der Waals surface area contributed by atoms with Gasteiger partial charge < -0.3 is 9.64 Å². The van der Waals surface area contributed by atoms with Crippen LogP contribution in [0, 0.1) is 0 Å². The summed E-state index contributed by atoms with van der Waals surface area (Å²) >= 11 is 0. The Hall–Kier alpha value is -1.09. The molecule has 70 valence electrons. The third-order valence-electron chi connectivity index (χ3n) is 2.42. The van der Waals surface area contributed by atoms with Crippen LogP contribution in [0.3, 0.4) is 0 Å². The first kappa shape index (κ1) is 8.51. The minimum Gasteiger partial charge on any atom is -0.481 e. The molecular weight excluding hydrogens is 164 g/mol. The topological polar surface area (TPSA) is 25.4 Å². The zero-order valence-electron chi connectivity index (χ0n) is 8.08. The first-order valence-electron chi connectivity index (χ1n) is 4.51. The minimum atomic E-state index is 0.725. The van der Waals surface area contributed by atoms with E-state index in [1.165, 1.54) is 11.3 Å². The van der Waals surface area contributed by atoms with Crippen molar-refractivity contribution >= 4 is 0 Å². The van der Waals surface area contributed by atoms with Gasteiger partial charge >= 0.3 is 0 Å². The summed E-state index contributed by atoms with van der Waals surface area (Å²) in [7, 11) is 3.79. The Morgan fingerprint density at radius 1 is 1.46 bits per heavy atom. The van der Waals surface area contributed by atoms with Gasteiger partial charge in [0.25, 0.3) is 0 Å². The van der Waals surface area contributed by atoms with Gasteiger partial charge in [0.2, 0.25) is 5.88 Å². The van der Waals surface area contributed by atoms with Crippen molar-refractivity contribution in [1.82, 2.24) is 9.88 Å². The van der Waals surface area contributed by atoms with Crippen LogP contribution in [-0.2, 0) is 13.0 Å². The van der Waals surface area contributed by atoms with Crippen molar-refractivity contribution < 1.29 is 4.74 Å². The van der Waals surface area contributed by atoms with E-state index in [-0.39, 0.29) is 0 Å². The molecule has 0 aromatic carbocycles. The fraction of sp³-hybridized carbons (Fsp3) is 0.500. The predicted octanol–water partition coefficient (Wildman–Crippen LogP) is 1.08. The van der Waals surface area contributed by atoms with Gasteiger partial charge in [-0.15, -0.1) is 0 Å². The highest BCUT2D eigenvalue weighted by molar-refractivity contribution is 5.27. The monoisotopic (exact) mass is 178 g/mol. The number of methoxy groups -OCH3 is 1. The van der Waals surface area contributed by atoms with Crippen LogP contribution in [0.4, 0.5) is 0 Å². The van der Waals surface area contributed by atoms with E-state index < -0.39 is 0 Å². The van der Waals surface area contributed by atoms with Gasteiger partial charge in [-0.1, -0.05) is 6.07 Å². The Kier molecular flexibility index (Phi) is 2.19. The standard InChI is InChI=1S/C10H14N2O/c1-12-6-5-9-8(7-12)3-4-10(11-9)13-2/h3-4H,5-7H2,1-2H3. The molecule has 1 aliphatic rings. The highest BCUT2D eigenvalue weighted by Crippen LogP contribution is 2.18. The molecule has 2 heterocycles. The first-order valence-corrected chi connectivity index (χ1v) is 4.51. The van der Waals surface area contributed by atoms with Gasteiger partial charge in [0.1, 0.15) is 0 Å². The van der Waals surface area contributed by atoms with E-state index in [1.54, 1.807) is 7.11 Å². The summed E-state index contributed by atoms with van der Waals surface area (Å²) in [6.45, 7) is 2.10.